The molecule has 1 fully saturated rings. The number of fused-ring (bicyclic) bond motifs is 1. The molecule has 0 amide bonds. The average Bonchev–Trinajstić information content (AvgIpc) is 2.97. The molecular weight excluding hydrogens is 366 g/mol. The summed E-state index contributed by atoms with van der Waals surface area (Å²) >= 11 is -0.491. The molecule has 3 aliphatic rings. The molecule has 0 heterocycles. The monoisotopic (exact) mass is 385 g/mol. The van der Waals surface area contributed by atoms with Crippen molar-refractivity contribution < 1.29 is 47.6 Å². The minimum Gasteiger partial charge on any atom is -1.00 e. The molecule has 1 saturated carbocycles. The van der Waals surface area contributed by atoms with Crippen molar-refractivity contribution in [2.75, 3.05) is 0 Å². The van der Waals surface area contributed by atoms with Crippen LogP contribution in [0.15, 0.2) is 47.6 Å². The van der Waals surface area contributed by atoms with Gasteiger partial charge in [0.15, 0.2) is 0 Å². The van der Waals surface area contributed by atoms with Crippen molar-refractivity contribution in [2.45, 2.75) is 42.7 Å². The number of allylic oxidation sites excluding steroid dienone is 8. The Balaban J connectivity index is 0.000001000. The van der Waals surface area contributed by atoms with E-state index in [0.717, 1.165) is 5.92 Å². The molecule has 0 spiro atoms. The van der Waals surface area contributed by atoms with Gasteiger partial charge >= 0.3 is 122 Å². The fourth-order valence-corrected chi connectivity index (χ4v) is 8.40. The second kappa shape index (κ2) is 7.52. The maximum absolute atomic E-state index is 2.46. The predicted octanol–water partition coefficient (Wildman–Crippen LogP) is -1.37. The van der Waals surface area contributed by atoms with Gasteiger partial charge in [0.25, 0.3) is 0 Å². The zero-order valence-corrected chi connectivity index (χ0v) is 16.1. The molecule has 107 valence electrons. The summed E-state index contributed by atoms with van der Waals surface area (Å²) in [6.07, 6.45) is 19.5. The first-order valence-electron chi connectivity index (χ1n) is 7.04. The van der Waals surface area contributed by atoms with Crippen LogP contribution in [0.4, 0.5) is 0 Å². The van der Waals surface area contributed by atoms with E-state index in [0.29, 0.717) is 3.12 Å². The van der Waals surface area contributed by atoms with E-state index in [1.807, 2.05) is 0 Å². The minimum atomic E-state index is -0.491. The molecule has 0 nitrogen and oxygen atoms in total. The van der Waals surface area contributed by atoms with Crippen LogP contribution in [-0.2, 0) is 22.8 Å². The first-order chi connectivity index (χ1) is 8.72. The standard InChI is InChI=1S/C14H15.C3H6.2ClH.Zr/c1-2-6-11(5-1)14-10-9-12-7-3-4-8-13(12)14;1-3-2;;;/h1-5,8,12H,6-7,9-10H2;1-2H3;2*1H;/q;;;;+2/p-2. The smallest absolute Gasteiger partial charge is 1.00 e. The van der Waals surface area contributed by atoms with Crippen molar-refractivity contribution in [3.63, 3.8) is 0 Å². The number of halogens is 2. The van der Waals surface area contributed by atoms with Gasteiger partial charge in [-0.3, -0.25) is 0 Å². The Morgan fingerprint density at radius 3 is 2.55 bits per heavy atom. The molecule has 20 heavy (non-hydrogen) atoms. The summed E-state index contributed by atoms with van der Waals surface area (Å²) in [6, 6.07) is 0. The molecule has 0 aliphatic heterocycles. The summed E-state index contributed by atoms with van der Waals surface area (Å²) in [5.41, 5.74) is 3.53. The Morgan fingerprint density at radius 2 is 1.90 bits per heavy atom. The number of hydrogen-bond acceptors (Lipinski definition) is 0. The third kappa shape index (κ3) is 3.21. The molecular formula is C17H21Cl2Zr. The van der Waals surface area contributed by atoms with Crippen molar-refractivity contribution in [2.24, 2.45) is 5.92 Å². The Kier molecular flexibility index (Phi) is 6.90. The third-order valence-electron chi connectivity index (χ3n) is 4.42. The molecule has 0 saturated heterocycles. The fourth-order valence-electron chi connectivity index (χ4n) is 3.73. The Morgan fingerprint density at radius 1 is 1.15 bits per heavy atom. The van der Waals surface area contributed by atoms with Gasteiger partial charge in [-0.1, -0.05) is 0 Å². The number of hydrogen-bond donors (Lipinski definition) is 0. The van der Waals surface area contributed by atoms with Crippen molar-refractivity contribution in [3.05, 3.63) is 47.6 Å². The first kappa shape index (κ1) is 18.3. The molecule has 2 unspecified atom stereocenters. The van der Waals surface area contributed by atoms with Crippen LogP contribution in [0.25, 0.3) is 0 Å². The normalized spacial score (nSPS) is 29.6. The predicted molar refractivity (Wildman–Crippen MR) is 75.5 cm³/mol. The largest absolute Gasteiger partial charge is 1.00 e. The van der Waals surface area contributed by atoms with Crippen molar-refractivity contribution >= 4 is 3.21 Å². The van der Waals surface area contributed by atoms with Crippen molar-refractivity contribution in [1.29, 1.82) is 0 Å². The zero-order valence-electron chi connectivity index (χ0n) is 12.1. The molecule has 0 radical (unpaired) electrons. The van der Waals surface area contributed by atoms with Crippen LogP contribution in [0.1, 0.15) is 39.5 Å². The van der Waals surface area contributed by atoms with Crippen LogP contribution in [0, 0.1) is 5.92 Å². The van der Waals surface area contributed by atoms with E-state index in [4.69, 9.17) is 0 Å². The average molecular weight is 387 g/mol. The van der Waals surface area contributed by atoms with E-state index >= 15 is 0 Å². The molecule has 3 rings (SSSR count). The quantitative estimate of drug-likeness (QED) is 0.549. The minimum absolute atomic E-state index is 0. The van der Waals surface area contributed by atoms with Gasteiger partial charge in [0.2, 0.25) is 0 Å². The molecule has 0 N–H and O–H groups in total. The summed E-state index contributed by atoms with van der Waals surface area (Å²) in [7, 11) is 0. The van der Waals surface area contributed by atoms with E-state index in [2.05, 4.69) is 50.3 Å². The van der Waals surface area contributed by atoms with E-state index in [9.17, 15) is 0 Å². The Bertz CT molecular complexity index is 507. The summed E-state index contributed by atoms with van der Waals surface area (Å²) < 4.78 is 2.27. The second-order valence-corrected chi connectivity index (χ2v) is 11.0. The number of rotatable bonds is 2. The van der Waals surface area contributed by atoms with Crippen LogP contribution >= 0.6 is 0 Å². The van der Waals surface area contributed by atoms with Crippen LogP contribution in [0.3, 0.4) is 0 Å². The van der Waals surface area contributed by atoms with Crippen molar-refractivity contribution in [1.82, 2.24) is 0 Å². The van der Waals surface area contributed by atoms with Gasteiger partial charge < -0.3 is 24.8 Å². The molecule has 0 aromatic rings. The SMILES string of the molecule is C[C](C)=[Zr+2][C]1(C2=CC=CC2)CCC2CC=CC=C21.[Cl-].[Cl-]. The van der Waals surface area contributed by atoms with Gasteiger partial charge in [0, 0.05) is 0 Å². The summed E-state index contributed by atoms with van der Waals surface area (Å²) in [5.74, 6) is 0.858. The van der Waals surface area contributed by atoms with Crippen LogP contribution in [-0.4, -0.2) is 3.21 Å². The van der Waals surface area contributed by atoms with Gasteiger partial charge in [0.1, 0.15) is 0 Å². The molecule has 0 aromatic heterocycles. The second-order valence-electron chi connectivity index (χ2n) is 5.88. The zero-order chi connectivity index (χ0) is 12.6. The van der Waals surface area contributed by atoms with Crippen LogP contribution in [0.2, 0.25) is 3.12 Å². The van der Waals surface area contributed by atoms with Gasteiger partial charge in [-0.2, -0.15) is 0 Å². The van der Waals surface area contributed by atoms with E-state index in [-0.39, 0.29) is 24.8 Å². The van der Waals surface area contributed by atoms with Crippen LogP contribution < -0.4 is 24.8 Å². The molecule has 3 heteroatoms. The van der Waals surface area contributed by atoms with E-state index in [1.165, 1.54) is 25.7 Å². The van der Waals surface area contributed by atoms with E-state index in [1.54, 1.807) is 14.4 Å². The van der Waals surface area contributed by atoms with Crippen LogP contribution in [0.5, 0.6) is 0 Å². The van der Waals surface area contributed by atoms with Gasteiger partial charge in [0.05, 0.1) is 0 Å². The molecule has 0 bridgehead atoms. The third-order valence-corrected chi connectivity index (χ3v) is 8.81. The summed E-state index contributed by atoms with van der Waals surface area (Å²) in [5, 5.41) is 0. The maximum Gasteiger partial charge on any atom is -1.00 e. The topological polar surface area (TPSA) is 0 Å². The van der Waals surface area contributed by atoms with Gasteiger partial charge in [-0.05, 0) is 0 Å². The van der Waals surface area contributed by atoms with Gasteiger partial charge in [-0.15, -0.1) is 0 Å². The summed E-state index contributed by atoms with van der Waals surface area (Å²) in [6.45, 7) is 4.73. The first-order valence-corrected chi connectivity index (χ1v) is 9.50. The Labute approximate surface area is 146 Å². The maximum atomic E-state index is 2.46. The Hall–Kier alpha value is 0.293. The van der Waals surface area contributed by atoms with Gasteiger partial charge in [-0.25, -0.2) is 0 Å². The molecule has 2 atom stereocenters. The molecule has 3 aliphatic carbocycles. The molecule has 0 aromatic carbocycles. The van der Waals surface area contributed by atoms with Crippen molar-refractivity contribution in [3.8, 4) is 0 Å². The summed E-state index contributed by atoms with van der Waals surface area (Å²) in [4.78, 5) is 0. The fraction of sp³-hybridized carbons (Fsp3) is 0.471. The van der Waals surface area contributed by atoms with E-state index < -0.39 is 22.8 Å².